The van der Waals surface area contributed by atoms with Gasteiger partial charge in [-0.2, -0.15) is 0 Å². The van der Waals surface area contributed by atoms with E-state index in [0.29, 0.717) is 32.6 Å². The van der Waals surface area contributed by atoms with Crippen molar-refractivity contribution in [2.24, 2.45) is 0 Å². The minimum Gasteiger partial charge on any atom is -0.368 e. The Morgan fingerprint density at radius 3 is 2.61 bits per heavy atom. The average molecular weight is 501 g/mol. The molecule has 172 valence electrons. The van der Waals surface area contributed by atoms with Crippen LogP contribution in [0.3, 0.4) is 0 Å². The zero-order valence-electron chi connectivity index (χ0n) is 18.6. The number of rotatable bonds is 4. The first kappa shape index (κ1) is 22.4. The van der Waals surface area contributed by atoms with Gasteiger partial charge < -0.3 is 10.2 Å². The summed E-state index contributed by atoms with van der Waals surface area (Å²) in [4.78, 5) is 6.83. The number of hydrogen-bond acceptors (Lipinski definition) is 6. The number of nitrogens with zero attached hydrogens (tertiary/aromatic N) is 2. The molecule has 9 heteroatoms. The first-order valence-electron chi connectivity index (χ1n) is 10.8. The van der Waals surface area contributed by atoms with E-state index in [1.54, 1.807) is 12.1 Å². The Morgan fingerprint density at radius 2 is 1.85 bits per heavy atom. The van der Waals surface area contributed by atoms with E-state index in [-0.39, 0.29) is 0 Å². The van der Waals surface area contributed by atoms with E-state index in [0.717, 1.165) is 39.8 Å². The van der Waals surface area contributed by atoms with Gasteiger partial charge in [0.25, 0.3) is 10.0 Å². The van der Waals surface area contributed by atoms with Crippen LogP contribution in [0.15, 0.2) is 52.9 Å². The lowest BCUT2D eigenvalue weighted by Crippen LogP contribution is -2.54. The molecule has 0 radical (unpaired) electrons. The van der Waals surface area contributed by atoms with Gasteiger partial charge in [-0.05, 0) is 74.2 Å². The number of piperazine rings is 1. The maximum absolute atomic E-state index is 13.3. The molecule has 1 saturated heterocycles. The second kappa shape index (κ2) is 8.43. The molecule has 1 aliphatic rings. The summed E-state index contributed by atoms with van der Waals surface area (Å²) in [6.07, 6.45) is 1.81. The molecule has 0 bridgehead atoms. The Hall–Kier alpha value is -2.39. The quantitative estimate of drug-likeness (QED) is 0.392. The molecule has 0 unspecified atom stereocenters. The van der Waals surface area contributed by atoms with Gasteiger partial charge in [-0.15, -0.1) is 11.3 Å². The molecule has 33 heavy (non-hydrogen) atoms. The summed E-state index contributed by atoms with van der Waals surface area (Å²) in [6.45, 7) is 7.92. The van der Waals surface area contributed by atoms with Crippen LogP contribution in [0.25, 0.3) is 21.0 Å². The summed E-state index contributed by atoms with van der Waals surface area (Å²) in [7, 11) is -3.76. The van der Waals surface area contributed by atoms with Crippen molar-refractivity contribution >= 4 is 65.3 Å². The first-order chi connectivity index (χ1) is 15.7. The second-order valence-corrected chi connectivity index (χ2v) is 12.1. The third-order valence-electron chi connectivity index (χ3n) is 5.97. The predicted molar refractivity (Wildman–Crippen MR) is 138 cm³/mol. The van der Waals surface area contributed by atoms with Gasteiger partial charge in [0, 0.05) is 57.9 Å². The van der Waals surface area contributed by atoms with Gasteiger partial charge in [-0.1, -0.05) is 11.6 Å². The molecule has 3 heterocycles. The molecule has 2 atom stereocenters. The van der Waals surface area contributed by atoms with Crippen LogP contribution in [-0.4, -0.2) is 38.6 Å². The molecule has 0 spiro atoms. The topological polar surface area (TPSA) is 74.3 Å². The summed E-state index contributed by atoms with van der Waals surface area (Å²) in [5.74, 6) is 0. The normalized spacial score (nSPS) is 19.3. The lowest BCUT2D eigenvalue weighted by atomic mass is 10.1. The summed E-state index contributed by atoms with van der Waals surface area (Å²) in [5, 5.41) is 5.93. The van der Waals surface area contributed by atoms with Crippen molar-refractivity contribution in [3.63, 3.8) is 0 Å². The number of hydrogen-bond donors (Lipinski definition) is 2. The number of pyridine rings is 1. The van der Waals surface area contributed by atoms with E-state index in [1.165, 1.54) is 11.3 Å². The van der Waals surface area contributed by atoms with Crippen LogP contribution in [0.4, 0.5) is 11.4 Å². The second-order valence-electron chi connectivity index (χ2n) is 8.70. The zero-order valence-corrected chi connectivity index (χ0v) is 21.0. The van der Waals surface area contributed by atoms with Gasteiger partial charge in [0.05, 0.1) is 5.52 Å². The number of benzene rings is 2. The SMILES string of the molecule is Cc1c(S(=O)(=O)Nc2ccc3nccc(N4C[C@@H](C)N[C@@H](C)C4)c3c2)sc2ccc(Cl)cc12. The fourth-order valence-corrected chi connectivity index (χ4v) is 7.59. The number of nitrogens with one attached hydrogen (secondary N) is 2. The van der Waals surface area contributed by atoms with Crippen molar-refractivity contribution < 1.29 is 8.42 Å². The van der Waals surface area contributed by atoms with E-state index in [4.69, 9.17) is 11.6 Å². The highest BCUT2D eigenvalue weighted by molar-refractivity contribution is 7.94. The number of aryl methyl sites for hydroxylation is 1. The van der Waals surface area contributed by atoms with Crippen LogP contribution in [0.1, 0.15) is 19.4 Å². The van der Waals surface area contributed by atoms with Crippen LogP contribution < -0.4 is 14.9 Å². The Morgan fingerprint density at radius 1 is 1.09 bits per heavy atom. The van der Waals surface area contributed by atoms with Gasteiger partial charge in [0.2, 0.25) is 0 Å². The minimum atomic E-state index is -3.76. The zero-order chi connectivity index (χ0) is 23.3. The molecule has 0 amide bonds. The predicted octanol–water partition coefficient (Wildman–Crippen LogP) is 5.40. The molecular weight excluding hydrogens is 476 g/mol. The molecule has 1 aliphatic heterocycles. The van der Waals surface area contributed by atoms with Crippen LogP contribution >= 0.6 is 22.9 Å². The summed E-state index contributed by atoms with van der Waals surface area (Å²) in [5.41, 5.74) is 3.12. The molecule has 5 rings (SSSR count). The maximum Gasteiger partial charge on any atom is 0.271 e. The fraction of sp³-hybridized carbons (Fsp3) is 0.292. The van der Waals surface area contributed by atoms with E-state index in [9.17, 15) is 8.42 Å². The van der Waals surface area contributed by atoms with Crippen molar-refractivity contribution in [1.82, 2.24) is 10.3 Å². The Kier molecular flexibility index (Phi) is 5.73. The third-order valence-corrected chi connectivity index (χ3v) is 9.48. The van der Waals surface area contributed by atoms with Gasteiger partial charge in [0.15, 0.2) is 0 Å². The smallest absolute Gasteiger partial charge is 0.271 e. The van der Waals surface area contributed by atoms with Gasteiger partial charge in [-0.25, -0.2) is 8.42 Å². The third kappa shape index (κ3) is 4.28. The highest BCUT2D eigenvalue weighted by Gasteiger charge is 2.24. The molecule has 2 aromatic carbocycles. The Balaban J connectivity index is 1.52. The van der Waals surface area contributed by atoms with E-state index in [1.807, 2.05) is 43.5 Å². The molecular formula is C24H25ClN4O2S2. The van der Waals surface area contributed by atoms with Crippen LogP contribution in [0.5, 0.6) is 0 Å². The highest BCUT2D eigenvalue weighted by atomic mass is 35.5. The number of sulfonamides is 1. The lowest BCUT2D eigenvalue weighted by Gasteiger charge is -2.38. The number of halogens is 1. The largest absolute Gasteiger partial charge is 0.368 e. The van der Waals surface area contributed by atoms with Crippen LogP contribution in [-0.2, 0) is 10.0 Å². The standard InChI is InChI=1S/C24H25ClN4O2S2/c1-14-12-29(13-15(2)27-14)22-8-9-26-21-6-5-18(11-20(21)22)28-33(30,31)24-16(3)19-10-17(25)4-7-23(19)32-24/h4-11,14-15,27-28H,12-13H2,1-3H3/t14-,15+. The van der Waals surface area contributed by atoms with Crippen LogP contribution in [0, 0.1) is 6.92 Å². The number of fused-ring (bicyclic) bond motifs is 2. The highest BCUT2D eigenvalue weighted by Crippen LogP contribution is 2.37. The average Bonchev–Trinajstić information content (AvgIpc) is 3.09. The monoisotopic (exact) mass is 500 g/mol. The Labute approximate surface area is 202 Å². The van der Waals surface area contributed by atoms with E-state index < -0.39 is 10.0 Å². The van der Waals surface area contributed by atoms with Gasteiger partial charge in [-0.3, -0.25) is 9.71 Å². The number of thiophene rings is 1. The van der Waals surface area contributed by atoms with Crippen LogP contribution in [0.2, 0.25) is 5.02 Å². The Bertz CT molecular complexity index is 1460. The lowest BCUT2D eigenvalue weighted by molar-refractivity contribution is 0.407. The number of aromatic nitrogens is 1. The van der Waals surface area contributed by atoms with E-state index in [2.05, 4.69) is 33.8 Å². The van der Waals surface area contributed by atoms with Crippen molar-refractivity contribution in [3.05, 3.63) is 59.2 Å². The molecule has 0 saturated carbocycles. The fourth-order valence-electron chi connectivity index (χ4n) is 4.62. The van der Waals surface area contributed by atoms with Crippen molar-refractivity contribution in [2.75, 3.05) is 22.7 Å². The summed E-state index contributed by atoms with van der Waals surface area (Å²) >= 11 is 7.37. The molecule has 0 aliphatic carbocycles. The number of anilines is 2. The summed E-state index contributed by atoms with van der Waals surface area (Å²) < 4.78 is 30.6. The van der Waals surface area contributed by atoms with Gasteiger partial charge >= 0.3 is 0 Å². The first-order valence-corrected chi connectivity index (χ1v) is 13.5. The molecule has 2 aromatic heterocycles. The summed E-state index contributed by atoms with van der Waals surface area (Å²) in [6, 6.07) is 13.7. The minimum absolute atomic E-state index is 0.302. The van der Waals surface area contributed by atoms with Crippen molar-refractivity contribution in [3.8, 4) is 0 Å². The van der Waals surface area contributed by atoms with Crippen molar-refractivity contribution in [1.29, 1.82) is 0 Å². The van der Waals surface area contributed by atoms with Crippen molar-refractivity contribution in [2.45, 2.75) is 37.1 Å². The van der Waals surface area contributed by atoms with E-state index >= 15 is 0 Å². The maximum atomic E-state index is 13.3. The van der Waals surface area contributed by atoms with Gasteiger partial charge in [0.1, 0.15) is 4.21 Å². The molecule has 2 N–H and O–H groups in total. The molecule has 4 aromatic rings. The molecule has 1 fully saturated rings. The molecule has 6 nitrogen and oxygen atoms in total.